The number of amides is 2. The summed E-state index contributed by atoms with van der Waals surface area (Å²) < 4.78 is 5.36. The molecular formula is C34H31N3O4S. The number of anilines is 1. The van der Waals surface area contributed by atoms with Gasteiger partial charge in [-0.05, 0) is 67.1 Å². The molecule has 0 atom stereocenters. The van der Waals surface area contributed by atoms with E-state index in [1.54, 1.807) is 22.3 Å². The van der Waals surface area contributed by atoms with Gasteiger partial charge in [0.15, 0.2) is 5.78 Å². The molecule has 4 aromatic rings. The summed E-state index contributed by atoms with van der Waals surface area (Å²) in [5.74, 6) is 0.622. The molecule has 3 aliphatic rings. The SMILES string of the molecule is O=C(CC1CC1)c1cc2c(s1)-c1ccccc1N(C(=O)c1cccc(-c3ccc(C(=O)N4CCOCC4)cc3)n1)CC2. The third-order valence-electron chi connectivity index (χ3n) is 8.24. The maximum Gasteiger partial charge on any atom is 0.276 e. The van der Waals surface area contributed by atoms with Crippen LogP contribution in [0.3, 0.4) is 0 Å². The summed E-state index contributed by atoms with van der Waals surface area (Å²) in [4.78, 5) is 49.9. The van der Waals surface area contributed by atoms with E-state index in [0.717, 1.165) is 45.0 Å². The molecule has 1 saturated carbocycles. The molecule has 7 rings (SSSR count). The third kappa shape index (κ3) is 5.28. The number of nitrogens with zero attached hydrogens (tertiary/aromatic N) is 3. The van der Waals surface area contributed by atoms with Crippen molar-refractivity contribution in [3.8, 4) is 21.7 Å². The molecule has 1 saturated heterocycles. The number of carbonyl (C=O) groups is 3. The zero-order valence-electron chi connectivity index (χ0n) is 23.3. The number of pyridine rings is 1. The van der Waals surface area contributed by atoms with Crippen LogP contribution in [0.25, 0.3) is 21.7 Å². The number of carbonyl (C=O) groups excluding carboxylic acids is 3. The van der Waals surface area contributed by atoms with Crippen LogP contribution in [0.1, 0.15) is 55.3 Å². The highest BCUT2D eigenvalue weighted by Gasteiger charge is 2.30. The Morgan fingerprint density at radius 2 is 1.67 bits per heavy atom. The van der Waals surface area contributed by atoms with Gasteiger partial charge in [-0.3, -0.25) is 14.4 Å². The molecule has 0 N–H and O–H groups in total. The highest BCUT2D eigenvalue weighted by molar-refractivity contribution is 7.17. The zero-order valence-corrected chi connectivity index (χ0v) is 24.1. The average Bonchev–Trinajstić information content (AvgIpc) is 3.79. The first-order valence-electron chi connectivity index (χ1n) is 14.6. The average molecular weight is 578 g/mol. The molecule has 212 valence electrons. The number of Topliss-reactive ketones (excluding diaryl/α,β-unsaturated/α-hetero) is 1. The Labute approximate surface area is 248 Å². The Kier molecular flexibility index (Phi) is 7.17. The predicted molar refractivity (Wildman–Crippen MR) is 163 cm³/mol. The molecule has 0 bridgehead atoms. The van der Waals surface area contributed by atoms with Crippen LogP contribution in [0, 0.1) is 5.92 Å². The van der Waals surface area contributed by atoms with Crippen molar-refractivity contribution in [2.45, 2.75) is 25.7 Å². The molecular weight excluding hydrogens is 546 g/mol. The first-order chi connectivity index (χ1) is 20.5. The summed E-state index contributed by atoms with van der Waals surface area (Å²) in [6, 6.07) is 22.8. The van der Waals surface area contributed by atoms with Crippen LogP contribution in [-0.4, -0.2) is 60.3 Å². The van der Waals surface area contributed by atoms with E-state index in [0.29, 0.717) is 68.6 Å². The quantitative estimate of drug-likeness (QED) is 0.258. The van der Waals surface area contributed by atoms with Crippen LogP contribution in [0.4, 0.5) is 5.69 Å². The van der Waals surface area contributed by atoms with Gasteiger partial charge < -0.3 is 14.5 Å². The van der Waals surface area contributed by atoms with Crippen LogP contribution >= 0.6 is 11.3 Å². The number of aromatic nitrogens is 1. The van der Waals surface area contributed by atoms with Crippen molar-refractivity contribution in [2.75, 3.05) is 37.7 Å². The van der Waals surface area contributed by atoms with Crippen LogP contribution < -0.4 is 4.90 Å². The number of para-hydroxylation sites is 1. The monoisotopic (exact) mass is 577 g/mol. The smallest absolute Gasteiger partial charge is 0.276 e. The fraction of sp³-hybridized carbons (Fsp3) is 0.294. The van der Waals surface area contributed by atoms with Crippen molar-refractivity contribution in [3.05, 3.63) is 94.5 Å². The second-order valence-electron chi connectivity index (χ2n) is 11.1. The molecule has 0 spiro atoms. The number of ether oxygens (including phenoxy) is 1. The largest absolute Gasteiger partial charge is 0.378 e. The Bertz CT molecular complexity index is 1670. The van der Waals surface area contributed by atoms with E-state index in [4.69, 9.17) is 9.72 Å². The second-order valence-corrected chi connectivity index (χ2v) is 12.2. The van der Waals surface area contributed by atoms with Crippen molar-refractivity contribution in [2.24, 2.45) is 5.92 Å². The van der Waals surface area contributed by atoms with Gasteiger partial charge in [0, 0.05) is 47.6 Å². The topological polar surface area (TPSA) is 79.8 Å². The molecule has 42 heavy (non-hydrogen) atoms. The van der Waals surface area contributed by atoms with Crippen LogP contribution in [0.2, 0.25) is 0 Å². The van der Waals surface area contributed by atoms with Gasteiger partial charge in [-0.2, -0.15) is 0 Å². The van der Waals surface area contributed by atoms with Gasteiger partial charge in [-0.15, -0.1) is 11.3 Å². The standard InChI is InChI=1S/C34H31N3O4S/c38-30(20-22-8-9-22)31-21-25-14-15-37(29-7-2-1-4-26(29)32(25)42-31)34(40)28-6-3-5-27(35-28)23-10-12-24(13-11-23)33(39)36-16-18-41-19-17-36/h1-7,10-13,21-22H,8-9,14-20H2. The molecule has 2 amide bonds. The number of benzene rings is 2. The molecule has 0 unspecified atom stereocenters. The summed E-state index contributed by atoms with van der Waals surface area (Å²) >= 11 is 1.55. The number of rotatable bonds is 6. The first kappa shape index (κ1) is 26.7. The highest BCUT2D eigenvalue weighted by Crippen LogP contribution is 2.43. The molecule has 7 nitrogen and oxygen atoms in total. The van der Waals surface area contributed by atoms with E-state index in [2.05, 4.69) is 0 Å². The van der Waals surface area contributed by atoms with E-state index in [-0.39, 0.29) is 17.6 Å². The lowest BCUT2D eigenvalue weighted by Crippen LogP contribution is -2.40. The molecule has 2 aromatic heterocycles. The Morgan fingerprint density at radius 3 is 2.45 bits per heavy atom. The van der Waals surface area contributed by atoms with E-state index in [9.17, 15) is 14.4 Å². The van der Waals surface area contributed by atoms with Gasteiger partial charge in [-0.1, -0.05) is 36.4 Å². The molecule has 2 aromatic carbocycles. The van der Waals surface area contributed by atoms with E-state index in [1.807, 2.05) is 71.6 Å². The maximum absolute atomic E-state index is 13.9. The van der Waals surface area contributed by atoms with Crippen LogP contribution in [-0.2, 0) is 11.2 Å². The van der Waals surface area contributed by atoms with Crippen LogP contribution in [0.15, 0.2) is 72.8 Å². The zero-order chi connectivity index (χ0) is 28.6. The number of morpholine rings is 1. The number of hydrogen-bond donors (Lipinski definition) is 0. The van der Waals surface area contributed by atoms with Gasteiger partial charge >= 0.3 is 0 Å². The molecule has 8 heteroatoms. The second kappa shape index (κ2) is 11.3. The Balaban J connectivity index is 1.13. The molecule has 2 aliphatic heterocycles. The Hall–Kier alpha value is -4.14. The van der Waals surface area contributed by atoms with E-state index < -0.39 is 0 Å². The number of hydrogen-bond acceptors (Lipinski definition) is 6. The van der Waals surface area contributed by atoms with E-state index >= 15 is 0 Å². The maximum atomic E-state index is 13.9. The Morgan fingerprint density at radius 1 is 0.881 bits per heavy atom. The van der Waals surface area contributed by atoms with Crippen LogP contribution in [0.5, 0.6) is 0 Å². The minimum atomic E-state index is -0.163. The lowest BCUT2D eigenvalue weighted by Gasteiger charge is -2.26. The summed E-state index contributed by atoms with van der Waals surface area (Å²) in [6.07, 6.45) is 3.62. The summed E-state index contributed by atoms with van der Waals surface area (Å²) in [5.41, 5.74) is 5.43. The van der Waals surface area contributed by atoms with Gasteiger partial charge in [0.05, 0.1) is 29.5 Å². The summed E-state index contributed by atoms with van der Waals surface area (Å²) in [7, 11) is 0. The van der Waals surface area contributed by atoms with Crippen molar-refractivity contribution in [3.63, 3.8) is 0 Å². The first-order valence-corrected chi connectivity index (χ1v) is 15.4. The van der Waals surface area contributed by atoms with Crippen molar-refractivity contribution in [1.29, 1.82) is 0 Å². The van der Waals surface area contributed by atoms with Gasteiger partial charge in [0.1, 0.15) is 5.69 Å². The summed E-state index contributed by atoms with van der Waals surface area (Å²) in [5, 5.41) is 0. The molecule has 1 aliphatic carbocycles. The number of thiophene rings is 1. The fourth-order valence-corrected chi connectivity index (χ4v) is 6.91. The number of ketones is 1. The van der Waals surface area contributed by atoms with Crippen molar-refractivity contribution in [1.82, 2.24) is 9.88 Å². The number of fused-ring (bicyclic) bond motifs is 3. The van der Waals surface area contributed by atoms with E-state index in [1.165, 1.54) is 0 Å². The van der Waals surface area contributed by atoms with Crippen molar-refractivity contribution >= 4 is 34.6 Å². The van der Waals surface area contributed by atoms with Gasteiger partial charge in [0.2, 0.25) is 0 Å². The van der Waals surface area contributed by atoms with Crippen molar-refractivity contribution < 1.29 is 19.1 Å². The molecule has 0 radical (unpaired) electrons. The molecule has 4 heterocycles. The predicted octanol–water partition coefficient (Wildman–Crippen LogP) is 6.14. The van der Waals surface area contributed by atoms with Gasteiger partial charge in [-0.25, -0.2) is 4.98 Å². The lowest BCUT2D eigenvalue weighted by molar-refractivity contribution is 0.0303. The molecule has 2 fully saturated rings. The normalized spacial score (nSPS) is 16.4. The van der Waals surface area contributed by atoms with Gasteiger partial charge in [0.25, 0.3) is 11.8 Å². The minimum absolute atomic E-state index is 0.00511. The third-order valence-corrected chi connectivity index (χ3v) is 9.49. The minimum Gasteiger partial charge on any atom is -0.378 e. The highest BCUT2D eigenvalue weighted by atomic mass is 32.1. The summed E-state index contributed by atoms with van der Waals surface area (Å²) in [6.45, 7) is 2.81. The lowest BCUT2D eigenvalue weighted by atomic mass is 10.1. The fourth-order valence-electron chi connectivity index (χ4n) is 5.71.